The van der Waals surface area contributed by atoms with Crippen molar-refractivity contribution in [3.05, 3.63) is 82.7 Å². The van der Waals surface area contributed by atoms with Crippen molar-refractivity contribution in [1.29, 1.82) is 0 Å². The van der Waals surface area contributed by atoms with Gasteiger partial charge in [0.1, 0.15) is 11.6 Å². The normalized spacial score (nSPS) is 14.6. The Morgan fingerprint density at radius 2 is 1.97 bits per heavy atom. The molecule has 0 saturated heterocycles. The molecule has 0 fully saturated rings. The average Bonchev–Trinajstić information content (AvgIpc) is 3.39. The van der Waals surface area contributed by atoms with Crippen LogP contribution in [0.3, 0.4) is 0 Å². The number of imidazole rings is 1. The molecule has 6 heteroatoms. The van der Waals surface area contributed by atoms with Gasteiger partial charge < -0.3 is 14.8 Å². The van der Waals surface area contributed by atoms with E-state index in [1.165, 1.54) is 23.8 Å². The van der Waals surface area contributed by atoms with Gasteiger partial charge in [-0.3, -0.25) is 9.36 Å². The summed E-state index contributed by atoms with van der Waals surface area (Å²) >= 11 is 0. The average molecular weight is 456 g/mol. The lowest BCUT2D eigenvalue weighted by Gasteiger charge is -2.16. The van der Waals surface area contributed by atoms with E-state index in [-0.39, 0.29) is 11.9 Å². The van der Waals surface area contributed by atoms with Gasteiger partial charge in [0.2, 0.25) is 0 Å². The first-order valence-electron chi connectivity index (χ1n) is 11.6. The monoisotopic (exact) mass is 455 g/mol. The zero-order valence-electron chi connectivity index (χ0n) is 20.0. The van der Waals surface area contributed by atoms with Gasteiger partial charge in [-0.15, -0.1) is 0 Å². The Balaban J connectivity index is 1.38. The Hall–Kier alpha value is -3.80. The van der Waals surface area contributed by atoms with Crippen LogP contribution in [0.15, 0.2) is 54.6 Å². The van der Waals surface area contributed by atoms with Gasteiger partial charge in [0.05, 0.1) is 36.9 Å². The van der Waals surface area contributed by atoms with E-state index in [1.54, 1.807) is 0 Å². The number of anilines is 1. The molecule has 6 nitrogen and oxygen atoms in total. The second-order valence-electron chi connectivity index (χ2n) is 8.89. The summed E-state index contributed by atoms with van der Waals surface area (Å²) in [4.78, 5) is 16.5. The van der Waals surface area contributed by atoms with Crippen LogP contribution in [0.5, 0.6) is 5.75 Å². The van der Waals surface area contributed by atoms with Gasteiger partial charge in [-0.05, 0) is 55.7 Å². The molecular weight excluding hydrogens is 426 g/mol. The van der Waals surface area contributed by atoms with Crippen molar-refractivity contribution < 1.29 is 14.3 Å². The maximum absolute atomic E-state index is 11.7. The van der Waals surface area contributed by atoms with Crippen LogP contribution in [0.1, 0.15) is 40.4 Å². The van der Waals surface area contributed by atoms with E-state index in [9.17, 15) is 4.79 Å². The van der Waals surface area contributed by atoms with Crippen molar-refractivity contribution >= 4 is 22.7 Å². The van der Waals surface area contributed by atoms with Crippen LogP contribution in [0.25, 0.3) is 16.7 Å². The number of methoxy groups -OCH3 is 1. The standard InChI is InChI=1S/C28H29N3O3/c1-17-7-5-10-25-28(17)30-19(3)31(25)24-9-6-8-20(18(24)2)15-29-22-11-12-23-21(13-27(32)33-4)16-34-26(23)14-22/h5-12,14,21,29H,13,15-16H2,1-4H3/t21-/m1/s1. The van der Waals surface area contributed by atoms with Crippen LogP contribution in [-0.4, -0.2) is 29.2 Å². The highest BCUT2D eigenvalue weighted by molar-refractivity contribution is 5.81. The fourth-order valence-electron chi connectivity index (χ4n) is 4.80. The number of carbonyl (C=O) groups excluding carboxylic acids is 1. The summed E-state index contributed by atoms with van der Waals surface area (Å²) in [5.41, 5.74) is 8.99. The summed E-state index contributed by atoms with van der Waals surface area (Å²) in [5.74, 6) is 1.65. The van der Waals surface area contributed by atoms with Gasteiger partial charge in [0.15, 0.2) is 0 Å². The molecule has 0 aliphatic carbocycles. The molecule has 1 aliphatic rings. The number of carbonyl (C=O) groups is 1. The van der Waals surface area contributed by atoms with Gasteiger partial charge >= 0.3 is 5.97 Å². The minimum atomic E-state index is -0.213. The Morgan fingerprint density at radius 1 is 1.15 bits per heavy atom. The third-order valence-corrected chi connectivity index (χ3v) is 6.73. The lowest BCUT2D eigenvalue weighted by molar-refractivity contribution is -0.141. The molecule has 0 radical (unpaired) electrons. The number of hydrogen-bond donors (Lipinski definition) is 1. The second kappa shape index (κ2) is 8.86. The number of aryl methyl sites for hydroxylation is 2. The molecule has 2 heterocycles. The number of para-hydroxylation sites is 1. The zero-order valence-corrected chi connectivity index (χ0v) is 20.0. The van der Waals surface area contributed by atoms with E-state index in [0.717, 1.165) is 39.5 Å². The highest BCUT2D eigenvalue weighted by Crippen LogP contribution is 2.38. The SMILES string of the molecule is COC(=O)C[C@@H]1COc2cc(NCc3cccc(-n4c(C)nc5c(C)cccc54)c3C)ccc21. The lowest BCUT2D eigenvalue weighted by atomic mass is 9.97. The smallest absolute Gasteiger partial charge is 0.306 e. The predicted molar refractivity (Wildman–Crippen MR) is 134 cm³/mol. The minimum absolute atomic E-state index is 0.0484. The van der Waals surface area contributed by atoms with E-state index in [4.69, 9.17) is 14.5 Å². The molecular formula is C28H29N3O3. The molecule has 4 aromatic rings. The molecule has 0 saturated carbocycles. The summed E-state index contributed by atoms with van der Waals surface area (Å²) in [7, 11) is 1.42. The summed E-state index contributed by atoms with van der Waals surface area (Å²) in [5, 5.41) is 3.54. The molecule has 0 bridgehead atoms. The fourth-order valence-corrected chi connectivity index (χ4v) is 4.80. The van der Waals surface area contributed by atoms with E-state index in [0.29, 0.717) is 19.6 Å². The first-order chi connectivity index (χ1) is 16.5. The van der Waals surface area contributed by atoms with Crippen molar-refractivity contribution in [2.24, 2.45) is 0 Å². The highest BCUT2D eigenvalue weighted by atomic mass is 16.5. The molecule has 1 aromatic heterocycles. The van der Waals surface area contributed by atoms with E-state index in [2.05, 4.69) is 67.1 Å². The van der Waals surface area contributed by atoms with Gasteiger partial charge in [-0.2, -0.15) is 0 Å². The molecule has 3 aromatic carbocycles. The van der Waals surface area contributed by atoms with Gasteiger partial charge in [-0.1, -0.05) is 30.3 Å². The third kappa shape index (κ3) is 3.89. The van der Waals surface area contributed by atoms with Gasteiger partial charge in [-0.25, -0.2) is 4.98 Å². The number of nitrogens with zero attached hydrogens (tertiary/aromatic N) is 2. The van der Waals surface area contributed by atoms with Crippen LogP contribution in [-0.2, 0) is 16.1 Å². The Kier molecular flexibility index (Phi) is 5.74. The number of benzene rings is 3. The zero-order chi connectivity index (χ0) is 23.8. The van der Waals surface area contributed by atoms with Crippen molar-refractivity contribution in [3.8, 4) is 11.4 Å². The number of esters is 1. The van der Waals surface area contributed by atoms with Crippen molar-refractivity contribution in [1.82, 2.24) is 9.55 Å². The number of fused-ring (bicyclic) bond motifs is 2. The van der Waals surface area contributed by atoms with Crippen molar-refractivity contribution in [3.63, 3.8) is 0 Å². The second-order valence-corrected chi connectivity index (χ2v) is 8.89. The molecule has 0 unspecified atom stereocenters. The van der Waals surface area contributed by atoms with Crippen LogP contribution >= 0.6 is 0 Å². The molecule has 174 valence electrons. The summed E-state index contributed by atoms with van der Waals surface area (Å²) < 4.78 is 12.9. The van der Waals surface area contributed by atoms with Crippen LogP contribution in [0.2, 0.25) is 0 Å². The highest BCUT2D eigenvalue weighted by Gasteiger charge is 2.27. The van der Waals surface area contributed by atoms with Crippen LogP contribution < -0.4 is 10.1 Å². The van der Waals surface area contributed by atoms with Gasteiger partial charge in [0.25, 0.3) is 0 Å². The fraction of sp³-hybridized carbons (Fsp3) is 0.286. The topological polar surface area (TPSA) is 65.4 Å². The molecule has 5 rings (SSSR count). The van der Waals surface area contributed by atoms with E-state index < -0.39 is 0 Å². The van der Waals surface area contributed by atoms with Crippen molar-refractivity contribution in [2.75, 3.05) is 19.0 Å². The number of nitrogens with one attached hydrogen (secondary N) is 1. The minimum Gasteiger partial charge on any atom is -0.493 e. The van der Waals surface area contributed by atoms with E-state index in [1.807, 2.05) is 18.2 Å². The number of hydrogen-bond acceptors (Lipinski definition) is 5. The summed E-state index contributed by atoms with van der Waals surface area (Å²) in [6, 6.07) is 18.8. The van der Waals surface area contributed by atoms with Crippen LogP contribution in [0, 0.1) is 20.8 Å². The number of ether oxygens (including phenoxy) is 2. The molecule has 0 spiro atoms. The number of aromatic nitrogens is 2. The maximum Gasteiger partial charge on any atom is 0.306 e. The van der Waals surface area contributed by atoms with Crippen molar-refractivity contribution in [2.45, 2.75) is 39.7 Å². The molecule has 1 N–H and O–H groups in total. The maximum atomic E-state index is 11.7. The first kappa shape index (κ1) is 22.0. The molecule has 34 heavy (non-hydrogen) atoms. The molecule has 0 amide bonds. The predicted octanol–water partition coefficient (Wildman–Crippen LogP) is 5.60. The Morgan fingerprint density at radius 3 is 2.79 bits per heavy atom. The third-order valence-electron chi connectivity index (χ3n) is 6.73. The Labute approximate surface area is 199 Å². The summed E-state index contributed by atoms with van der Waals surface area (Å²) in [6.45, 7) is 7.52. The molecule has 1 aliphatic heterocycles. The quantitative estimate of drug-likeness (QED) is 0.383. The number of rotatable bonds is 6. The lowest BCUT2D eigenvalue weighted by Crippen LogP contribution is -2.09. The van der Waals surface area contributed by atoms with Crippen LogP contribution in [0.4, 0.5) is 5.69 Å². The Bertz CT molecular complexity index is 1390. The summed E-state index contributed by atoms with van der Waals surface area (Å²) in [6.07, 6.45) is 0.337. The molecule has 1 atom stereocenters. The largest absolute Gasteiger partial charge is 0.493 e. The first-order valence-corrected chi connectivity index (χ1v) is 11.6. The van der Waals surface area contributed by atoms with E-state index >= 15 is 0 Å². The van der Waals surface area contributed by atoms with Gasteiger partial charge in [0, 0.05) is 29.8 Å².